The highest BCUT2D eigenvalue weighted by Gasteiger charge is 2.24. The van der Waals surface area contributed by atoms with Crippen LogP contribution in [0.2, 0.25) is 5.15 Å². The zero-order valence-corrected chi connectivity index (χ0v) is 11.2. The summed E-state index contributed by atoms with van der Waals surface area (Å²) in [6.07, 6.45) is 2.63. The highest BCUT2D eigenvalue weighted by Crippen LogP contribution is 2.29. The van der Waals surface area contributed by atoms with Crippen LogP contribution in [0.3, 0.4) is 0 Å². The standard InChI is InChI=1S/C13H13ClN2O3/c1-18-13(17)8-2-3-10-11(14)15-12(16(10)6-8)9-4-5-19-7-9/h2-3,6,9H,4-5,7H2,1H3. The Morgan fingerprint density at radius 1 is 1.58 bits per heavy atom. The summed E-state index contributed by atoms with van der Waals surface area (Å²) < 4.78 is 12.0. The van der Waals surface area contributed by atoms with Crippen molar-refractivity contribution < 1.29 is 14.3 Å². The lowest BCUT2D eigenvalue weighted by Crippen LogP contribution is -2.07. The van der Waals surface area contributed by atoms with E-state index >= 15 is 0 Å². The molecule has 5 nitrogen and oxygen atoms in total. The van der Waals surface area contributed by atoms with Crippen molar-refractivity contribution in [3.63, 3.8) is 0 Å². The van der Waals surface area contributed by atoms with E-state index in [1.54, 1.807) is 18.3 Å². The zero-order valence-electron chi connectivity index (χ0n) is 10.4. The van der Waals surface area contributed by atoms with E-state index in [4.69, 9.17) is 21.1 Å². The van der Waals surface area contributed by atoms with E-state index in [-0.39, 0.29) is 11.9 Å². The van der Waals surface area contributed by atoms with E-state index in [0.717, 1.165) is 24.4 Å². The fraction of sp³-hybridized carbons (Fsp3) is 0.385. The fourth-order valence-electron chi connectivity index (χ4n) is 2.33. The van der Waals surface area contributed by atoms with Crippen molar-refractivity contribution in [3.05, 3.63) is 34.9 Å². The second-order valence-corrected chi connectivity index (χ2v) is 4.84. The molecular formula is C13H13ClN2O3. The van der Waals surface area contributed by atoms with Crippen molar-refractivity contribution in [1.29, 1.82) is 0 Å². The second-order valence-electron chi connectivity index (χ2n) is 4.49. The Kier molecular flexibility index (Phi) is 3.16. The summed E-state index contributed by atoms with van der Waals surface area (Å²) in [4.78, 5) is 16.0. The van der Waals surface area contributed by atoms with Gasteiger partial charge in [-0.15, -0.1) is 0 Å². The van der Waals surface area contributed by atoms with Crippen LogP contribution in [0.4, 0.5) is 0 Å². The molecule has 2 aromatic rings. The van der Waals surface area contributed by atoms with Crippen LogP contribution in [-0.2, 0) is 9.47 Å². The molecular weight excluding hydrogens is 268 g/mol. The number of ether oxygens (including phenoxy) is 2. The molecule has 1 atom stereocenters. The molecule has 3 rings (SSSR count). The Hall–Kier alpha value is -1.59. The first-order chi connectivity index (χ1) is 9.20. The van der Waals surface area contributed by atoms with Crippen molar-refractivity contribution in [1.82, 2.24) is 9.38 Å². The summed E-state index contributed by atoms with van der Waals surface area (Å²) in [5.41, 5.74) is 1.26. The molecule has 1 unspecified atom stereocenters. The van der Waals surface area contributed by atoms with Gasteiger partial charge in [0.25, 0.3) is 0 Å². The number of methoxy groups -OCH3 is 1. The maximum Gasteiger partial charge on any atom is 0.339 e. The van der Waals surface area contributed by atoms with Gasteiger partial charge >= 0.3 is 5.97 Å². The number of esters is 1. The molecule has 0 amide bonds. The van der Waals surface area contributed by atoms with Crippen molar-refractivity contribution in [3.8, 4) is 0 Å². The molecule has 6 heteroatoms. The summed E-state index contributed by atoms with van der Waals surface area (Å²) in [7, 11) is 1.36. The van der Waals surface area contributed by atoms with E-state index in [1.165, 1.54) is 7.11 Å². The number of fused-ring (bicyclic) bond motifs is 1. The fourth-order valence-corrected chi connectivity index (χ4v) is 2.58. The summed E-state index contributed by atoms with van der Waals surface area (Å²) in [6.45, 7) is 1.37. The number of hydrogen-bond acceptors (Lipinski definition) is 4. The third-order valence-electron chi connectivity index (χ3n) is 3.34. The number of pyridine rings is 1. The lowest BCUT2D eigenvalue weighted by Gasteiger charge is -2.07. The molecule has 1 fully saturated rings. The molecule has 0 saturated carbocycles. The highest BCUT2D eigenvalue weighted by molar-refractivity contribution is 6.32. The van der Waals surface area contributed by atoms with Gasteiger partial charge in [0, 0.05) is 18.7 Å². The molecule has 1 saturated heterocycles. The predicted octanol–water partition coefficient (Wildman–Crippen LogP) is 2.28. The van der Waals surface area contributed by atoms with Gasteiger partial charge in [0.05, 0.1) is 24.8 Å². The van der Waals surface area contributed by atoms with Crippen molar-refractivity contribution in [2.45, 2.75) is 12.3 Å². The van der Waals surface area contributed by atoms with Gasteiger partial charge in [-0.2, -0.15) is 0 Å². The molecule has 0 N–H and O–H groups in total. The first-order valence-electron chi connectivity index (χ1n) is 6.04. The van der Waals surface area contributed by atoms with Crippen LogP contribution in [0.5, 0.6) is 0 Å². The van der Waals surface area contributed by atoms with Crippen LogP contribution in [0.15, 0.2) is 18.3 Å². The molecule has 2 aromatic heterocycles. The van der Waals surface area contributed by atoms with Gasteiger partial charge in [-0.05, 0) is 18.6 Å². The van der Waals surface area contributed by atoms with E-state index in [9.17, 15) is 4.79 Å². The number of nitrogens with zero attached hydrogens (tertiary/aromatic N) is 2. The molecule has 1 aliphatic heterocycles. The van der Waals surface area contributed by atoms with Gasteiger partial charge in [-0.3, -0.25) is 0 Å². The smallest absolute Gasteiger partial charge is 0.339 e. The molecule has 0 bridgehead atoms. The van der Waals surface area contributed by atoms with Crippen molar-refractivity contribution in [2.24, 2.45) is 0 Å². The quantitative estimate of drug-likeness (QED) is 0.792. The molecule has 0 radical (unpaired) electrons. The topological polar surface area (TPSA) is 52.8 Å². The normalized spacial score (nSPS) is 18.9. The maximum atomic E-state index is 11.6. The molecule has 0 spiro atoms. The number of carbonyl (C=O) groups is 1. The van der Waals surface area contributed by atoms with E-state index in [0.29, 0.717) is 17.3 Å². The van der Waals surface area contributed by atoms with Crippen LogP contribution < -0.4 is 0 Å². The number of hydrogen-bond donors (Lipinski definition) is 0. The summed E-state index contributed by atoms with van der Waals surface area (Å²) in [5, 5.41) is 0.443. The molecule has 100 valence electrons. The number of imidazole rings is 1. The minimum Gasteiger partial charge on any atom is -0.465 e. The third kappa shape index (κ3) is 2.09. The van der Waals surface area contributed by atoms with Crippen molar-refractivity contribution in [2.75, 3.05) is 20.3 Å². The lowest BCUT2D eigenvalue weighted by atomic mass is 10.1. The highest BCUT2D eigenvalue weighted by atomic mass is 35.5. The Morgan fingerprint density at radius 3 is 3.11 bits per heavy atom. The zero-order chi connectivity index (χ0) is 13.4. The Balaban J connectivity index is 2.13. The van der Waals surface area contributed by atoms with Gasteiger partial charge in [-0.25, -0.2) is 9.78 Å². The van der Waals surface area contributed by atoms with E-state index in [1.807, 2.05) is 4.40 Å². The molecule has 0 aromatic carbocycles. The molecule has 19 heavy (non-hydrogen) atoms. The van der Waals surface area contributed by atoms with E-state index in [2.05, 4.69) is 4.98 Å². The van der Waals surface area contributed by atoms with Crippen molar-refractivity contribution >= 4 is 23.1 Å². The first-order valence-corrected chi connectivity index (χ1v) is 6.42. The third-order valence-corrected chi connectivity index (χ3v) is 3.61. The predicted molar refractivity (Wildman–Crippen MR) is 69.7 cm³/mol. The van der Waals surface area contributed by atoms with Crippen LogP contribution in [-0.4, -0.2) is 35.7 Å². The number of carbonyl (C=O) groups excluding carboxylic acids is 1. The van der Waals surface area contributed by atoms with E-state index < -0.39 is 0 Å². The minimum atomic E-state index is -0.375. The first kappa shape index (κ1) is 12.4. The largest absolute Gasteiger partial charge is 0.465 e. The molecule has 1 aliphatic rings. The average Bonchev–Trinajstić information content (AvgIpc) is 3.06. The lowest BCUT2D eigenvalue weighted by molar-refractivity contribution is 0.0600. The van der Waals surface area contributed by atoms with Crippen LogP contribution in [0.1, 0.15) is 28.5 Å². The number of aromatic nitrogens is 2. The molecule has 0 aliphatic carbocycles. The van der Waals surface area contributed by atoms with Gasteiger partial charge in [-0.1, -0.05) is 11.6 Å². The van der Waals surface area contributed by atoms with Gasteiger partial charge in [0.15, 0.2) is 5.15 Å². The Labute approximate surface area is 115 Å². The van der Waals surface area contributed by atoms with Gasteiger partial charge in [0.2, 0.25) is 0 Å². The monoisotopic (exact) mass is 280 g/mol. The van der Waals surface area contributed by atoms with Crippen LogP contribution >= 0.6 is 11.6 Å². The molecule has 3 heterocycles. The number of rotatable bonds is 2. The summed E-state index contributed by atoms with van der Waals surface area (Å²) in [6, 6.07) is 3.46. The Bertz CT molecular complexity index is 632. The minimum absolute atomic E-state index is 0.216. The van der Waals surface area contributed by atoms with Gasteiger partial charge < -0.3 is 13.9 Å². The summed E-state index contributed by atoms with van der Waals surface area (Å²) >= 11 is 6.13. The van der Waals surface area contributed by atoms with Crippen LogP contribution in [0.25, 0.3) is 5.52 Å². The maximum absolute atomic E-state index is 11.6. The van der Waals surface area contributed by atoms with Gasteiger partial charge in [0.1, 0.15) is 5.82 Å². The summed E-state index contributed by atoms with van der Waals surface area (Å²) in [5.74, 6) is 0.677. The Morgan fingerprint density at radius 2 is 2.42 bits per heavy atom. The van der Waals surface area contributed by atoms with Crippen LogP contribution in [0, 0.1) is 0 Å². The second kappa shape index (κ2) is 4.83. The average molecular weight is 281 g/mol. The SMILES string of the molecule is COC(=O)c1ccc2c(Cl)nc(C3CCOC3)n2c1. The number of halogens is 1.